The van der Waals surface area contributed by atoms with Gasteiger partial charge in [-0.3, -0.25) is 10.1 Å². The van der Waals surface area contributed by atoms with E-state index in [-0.39, 0.29) is 22.7 Å². The molecular formula is C27H25NO7S. The third-order valence-corrected chi connectivity index (χ3v) is 5.83. The fourth-order valence-corrected chi connectivity index (χ4v) is 4.27. The Hall–Kier alpha value is -4.11. The van der Waals surface area contributed by atoms with Crippen molar-refractivity contribution in [3.05, 3.63) is 77.0 Å². The lowest BCUT2D eigenvalue weighted by atomic mass is 10.1. The molecule has 36 heavy (non-hydrogen) atoms. The Labute approximate surface area is 212 Å². The van der Waals surface area contributed by atoms with Gasteiger partial charge in [0, 0.05) is 22.7 Å². The highest BCUT2D eigenvalue weighted by Gasteiger charge is 2.21. The number of ether oxygens (including phenoxy) is 4. The predicted octanol–water partition coefficient (Wildman–Crippen LogP) is 6.36. The number of hydrogen-bond acceptors (Lipinski definition) is 8. The monoisotopic (exact) mass is 507 g/mol. The second-order valence-electron chi connectivity index (χ2n) is 7.86. The highest BCUT2D eigenvalue weighted by molar-refractivity contribution is 7.99. The van der Waals surface area contributed by atoms with Crippen LogP contribution in [0.5, 0.6) is 23.0 Å². The van der Waals surface area contributed by atoms with Crippen molar-refractivity contribution < 1.29 is 28.2 Å². The van der Waals surface area contributed by atoms with E-state index in [1.807, 2.05) is 32.0 Å². The summed E-state index contributed by atoms with van der Waals surface area (Å²) in [5, 5.41) is 3.30. The second-order valence-corrected chi connectivity index (χ2v) is 8.94. The van der Waals surface area contributed by atoms with E-state index in [9.17, 15) is 9.59 Å². The molecule has 0 fully saturated rings. The largest absolute Gasteiger partial charge is 0.492 e. The Balaban J connectivity index is 1.55. The maximum Gasteiger partial charge on any atom is 0.417 e. The van der Waals surface area contributed by atoms with Crippen LogP contribution in [-0.4, -0.2) is 26.4 Å². The first-order chi connectivity index (χ1) is 17.4. The van der Waals surface area contributed by atoms with Gasteiger partial charge in [0.1, 0.15) is 16.7 Å². The van der Waals surface area contributed by atoms with Crippen molar-refractivity contribution in [2.75, 3.05) is 19.5 Å². The molecule has 8 nitrogen and oxygen atoms in total. The normalized spacial score (nSPS) is 10.8. The van der Waals surface area contributed by atoms with Gasteiger partial charge in [-0.05, 0) is 50.2 Å². The van der Waals surface area contributed by atoms with E-state index in [2.05, 4.69) is 5.32 Å². The highest BCUT2D eigenvalue weighted by Crippen LogP contribution is 2.43. The second kappa shape index (κ2) is 11.1. The van der Waals surface area contributed by atoms with Gasteiger partial charge >= 0.3 is 6.09 Å². The molecule has 4 rings (SSSR count). The number of methoxy groups -OCH3 is 2. The summed E-state index contributed by atoms with van der Waals surface area (Å²) in [5.41, 5.74) is 0.676. The number of rotatable bonds is 8. The average Bonchev–Trinajstić information content (AvgIpc) is 2.84. The van der Waals surface area contributed by atoms with Crippen LogP contribution in [-0.2, 0) is 0 Å². The standard InChI is InChI=1S/C27H25NO7S/c1-16(2)33-22-15-21-24(26(32-4)25(22)31-3)20(29)14-23(35-21)36-19-12-10-18(11-13-19)34-27(30)28-17-8-6-5-7-9-17/h5-16H,1-4H3,(H,28,30). The van der Waals surface area contributed by atoms with Crippen molar-refractivity contribution in [1.29, 1.82) is 0 Å². The van der Waals surface area contributed by atoms with Gasteiger partial charge in [0.25, 0.3) is 0 Å². The Bertz CT molecular complexity index is 1420. The Morgan fingerprint density at radius 2 is 1.64 bits per heavy atom. The molecule has 0 atom stereocenters. The molecule has 0 aliphatic carbocycles. The van der Waals surface area contributed by atoms with Crippen molar-refractivity contribution in [2.24, 2.45) is 0 Å². The van der Waals surface area contributed by atoms with Gasteiger partial charge in [-0.15, -0.1) is 0 Å². The zero-order valence-corrected chi connectivity index (χ0v) is 21.0. The lowest BCUT2D eigenvalue weighted by Gasteiger charge is -2.17. The molecule has 3 aromatic carbocycles. The third kappa shape index (κ3) is 5.75. The van der Waals surface area contributed by atoms with Crippen LogP contribution < -0.4 is 29.7 Å². The first-order valence-electron chi connectivity index (χ1n) is 11.1. The van der Waals surface area contributed by atoms with E-state index in [4.69, 9.17) is 23.4 Å². The predicted molar refractivity (Wildman–Crippen MR) is 138 cm³/mol. The zero-order chi connectivity index (χ0) is 25.7. The van der Waals surface area contributed by atoms with E-state index < -0.39 is 6.09 Å². The fourth-order valence-electron chi connectivity index (χ4n) is 3.47. The minimum absolute atomic E-state index is 0.124. The number of fused-ring (bicyclic) bond motifs is 1. The molecule has 0 unspecified atom stereocenters. The molecule has 1 N–H and O–H groups in total. The van der Waals surface area contributed by atoms with Crippen LogP contribution >= 0.6 is 11.8 Å². The van der Waals surface area contributed by atoms with Gasteiger partial charge in [0.2, 0.25) is 5.75 Å². The first kappa shape index (κ1) is 25.0. The molecule has 0 bridgehead atoms. The van der Waals surface area contributed by atoms with E-state index in [1.54, 1.807) is 42.5 Å². The molecule has 0 radical (unpaired) electrons. The Kier molecular flexibility index (Phi) is 7.70. The molecule has 1 amide bonds. The van der Waals surface area contributed by atoms with Crippen molar-refractivity contribution in [3.63, 3.8) is 0 Å². The zero-order valence-electron chi connectivity index (χ0n) is 20.2. The van der Waals surface area contributed by atoms with E-state index in [1.165, 1.54) is 32.0 Å². The molecule has 0 aliphatic rings. The van der Waals surface area contributed by atoms with Gasteiger partial charge < -0.3 is 23.4 Å². The van der Waals surface area contributed by atoms with Gasteiger partial charge in [-0.1, -0.05) is 30.0 Å². The molecule has 9 heteroatoms. The van der Waals surface area contributed by atoms with Crippen LogP contribution in [0, 0.1) is 0 Å². The van der Waals surface area contributed by atoms with Crippen LogP contribution in [0.3, 0.4) is 0 Å². The molecule has 4 aromatic rings. The molecular weight excluding hydrogens is 482 g/mol. The Morgan fingerprint density at radius 3 is 2.28 bits per heavy atom. The maximum atomic E-state index is 13.0. The minimum Gasteiger partial charge on any atom is -0.492 e. The van der Waals surface area contributed by atoms with Crippen molar-refractivity contribution >= 4 is 34.5 Å². The number of benzene rings is 3. The lowest BCUT2D eigenvalue weighted by Crippen LogP contribution is -2.16. The van der Waals surface area contributed by atoms with Crippen molar-refractivity contribution in [1.82, 2.24) is 0 Å². The number of carbonyl (C=O) groups excluding carboxylic acids is 1. The quantitative estimate of drug-likeness (QED) is 0.294. The van der Waals surface area contributed by atoms with Crippen molar-refractivity contribution in [3.8, 4) is 23.0 Å². The maximum absolute atomic E-state index is 13.0. The number of nitrogens with one attached hydrogen (secondary N) is 1. The Morgan fingerprint density at radius 1 is 0.944 bits per heavy atom. The molecule has 0 spiro atoms. The third-order valence-electron chi connectivity index (χ3n) is 4.92. The van der Waals surface area contributed by atoms with E-state index >= 15 is 0 Å². The SMILES string of the molecule is COc1c(OC(C)C)cc2oc(Sc3ccc(OC(=O)Nc4ccccc4)cc3)cc(=O)c2c1OC. The van der Waals surface area contributed by atoms with Gasteiger partial charge in [-0.2, -0.15) is 0 Å². The van der Waals surface area contributed by atoms with E-state index in [0.717, 1.165) is 4.90 Å². The minimum atomic E-state index is -0.592. The first-order valence-corrected chi connectivity index (χ1v) is 11.9. The number of anilines is 1. The summed E-state index contributed by atoms with van der Waals surface area (Å²) in [6, 6.07) is 18.9. The summed E-state index contributed by atoms with van der Waals surface area (Å²) in [7, 11) is 2.95. The van der Waals surface area contributed by atoms with Gasteiger partial charge in [0.05, 0.1) is 20.3 Å². The fraction of sp³-hybridized carbons (Fsp3) is 0.185. The van der Waals surface area contributed by atoms with E-state index in [0.29, 0.717) is 33.6 Å². The molecule has 0 aliphatic heterocycles. The molecule has 0 saturated heterocycles. The highest BCUT2D eigenvalue weighted by atomic mass is 32.2. The average molecular weight is 508 g/mol. The molecule has 1 aromatic heterocycles. The summed E-state index contributed by atoms with van der Waals surface area (Å²) in [6.07, 6.45) is -0.716. The molecule has 0 saturated carbocycles. The van der Waals surface area contributed by atoms with Crippen LogP contribution in [0.1, 0.15) is 13.8 Å². The number of hydrogen-bond donors (Lipinski definition) is 1. The lowest BCUT2D eigenvalue weighted by molar-refractivity contribution is 0.215. The van der Waals surface area contributed by atoms with Gasteiger partial charge in [-0.25, -0.2) is 4.79 Å². The smallest absolute Gasteiger partial charge is 0.417 e. The summed E-state index contributed by atoms with van der Waals surface area (Å²) in [4.78, 5) is 25.9. The topological polar surface area (TPSA) is 96.2 Å². The van der Waals surface area contributed by atoms with Crippen LogP contribution in [0.2, 0.25) is 0 Å². The van der Waals surface area contributed by atoms with Gasteiger partial charge in [0.15, 0.2) is 22.0 Å². The van der Waals surface area contributed by atoms with Crippen LogP contribution in [0.15, 0.2) is 85.9 Å². The number of carbonyl (C=O) groups is 1. The number of amides is 1. The summed E-state index contributed by atoms with van der Waals surface area (Å²) < 4.78 is 28.1. The summed E-state index contributed by atoms with van der Waals surface area (Å²) in [6.45, 7) is 3.77. The van der Waals surface area contributed by atoms with Crippen LogP contribution in [0.25, 0.3) is 11.0 Å². The summed E-state index contributed by atoms with van der Waals surface area (Å²) in [5.74, 6) is 1.38. The summed E-state index contributed by atoms with van der Waals surface area (Å²) >= 11 is 1.25. The number of para-hydroxylation sites is 1. The van der Waals surface area contributed by atoms with Crippen LogP contribution in [0.4, 0.5) is 10.5 Å². The van der Waals surface area contributed by atoms with Crippen molar-refractivity contribution in [2.45, 2.75) is 29.9 Å². The molecule has 186 valence electrons. The molecule has 1 heterocycles.